The normalized spacial score (nSPS) is 10.0. The maximum atomic E-state index is 11.3. The predicted octanol–water partition coefficient (Wildman–Crippen LogP) is 2.66. The molecule has 0 saturated carbocycles. The van der Waals surface area contributed by atoms with Crippen molar-refractivity contribution in [3.8, 4) is 17.2 Å². The molecule has 0 saturated heterocycles. The van der Waals surface area contributed by atoms with Gasteiger partial charge >= 0.3 is 5.97 Å². The van der Waals surface area contributed by atoms with Gasteiger partial charge in [-0.15, -0.1) is 0 Å². The zero-order chi connectivity index (χ0) is 15.2. The van der Waals surface area contributed by atoms with Gasteiger partial charge in [0.1, 0.15) is 29.6 Å². The second-order valence-electron chi connectivity index (χ2n) is 4.09. The van der Waals surface area contributed by atoms with E-state index in [1.807, 2.05) is 0 Å². The summed E-state index contributed by atoms with van der Waals surface area (Å²) in [7, 11) is 4.42. The van der Waals surface area contributed by atoms with E-state index in [1.165, 1.54) is 13.2 Å². The molecular formula is C15H16O6. The number of rotatable bonds is 6. The van der Waals surface area contributed by atoms with Crippen molar-refractivity contribution in [2.24, 2.45) is 0 Å². The molecule has 2 aromatic rings. The van der Waals surface area contributed by atoms with Gasteiger partial charge in [-0.05, 0) is 12.1 Å². The Balaban J connectivity index is 2.05. The molecule has 0 radical (unpaired) electrons. The largest absolute Gasteiger partial charge is 0.496 e. The lowest BCUT2D eigenvalue weighted by Crippen LogP contribution is -1.99. The quantitative estimate of drug-likeness (QED) is 0.762. The van der Waals surface area contributed by atoms with Crippen molar-refractivity contribution >= 4 is 5.97 Å². The molecule has 0 aliphatic heterocycles. The van der Waals surface area contributed by atoms with Crippen LogP contribution in [0.3, 0.4) is 0 Å². The van der Waals surface area contributed by atoms with Gasteiger partial charge in [0.25, 0.3) is 0 Å². The Kier molecular flexibility index (Phi) is 4.71. The van der Waals surface area contributed by atoms with E-state index in [9.17, 15) is 4.79 Å². The van der Waals surface area contributed by atoms with Crippen LogP contribution in [0.2, 0.25) is 0 Å². The first kappa shape index (κ1) is 14.8. The summed E-state index contributed by atoms with van der Waals surface area (Å²) in [6.45, 7) is 0.174. The Bertz CT molecular complexity index is 594. The second kappa shape index (κ2) is 6.69. The predicted molar refractivity (Wildman–Crippen MR) is 73.9 cm³/mol. The third-order valence-electron chi connectivity index (χ3n) is 2.75. The van der Waals surface area contributed by atoms with Crippen molar-refractivity contribution in [1.82, 2.24) is 0 Å². The number of hydrogen-bond donors (Lipinski definition) is 0. The SMILES string of the molecule is COC(=O)c1ccc(COc2cc(OC)cc(OC)c2)o1. The molecule has 1 aromatic carbocycles. The highest BCUT2D eigenvalue weighted by Gasteiger charge is 2.11. The first-order chi connectivity index (χ1) is 10.2. The van der Waals surface area contributed by atoms with Crippen LogP contribution in [0, 0.1) is 0 Å². The first-order valence-corrected chi connectivity index (χ1v) is 6.19. The van der Waals surface area contributed by atoms with Gasteiger partial charge in [-0.3, -0.25) is 0 Å². The molecule has 6 heteroatoms. The summed E-state index contributed by atoms with van der Waals surface area (Å²) in [4.78, 5) is 11.3. The topological polar surface area (TPSA) is 67.1 Å². The highest BCUT2D eigenvalue weighted by Crippen LogP contribution is 2.28. The molecule has 0 unspecified atom stereocenters. The molecule has 0 spiro atoms. The van der Waals surface area contributed by atoms with Crippen molar-refractivity contribution in [2.75, 3.05) is 21.3 Å². The monoisotopic (exact) mass is 292 g/mol. The fourth-order valence-corrected chi connectivity index (χ4v) is 1.68. The van der Waals surface area contributed by atoms with E-state index in [-0.39, 0.29) is 12.4 Å². The van der Waals surface area contributed by atoms with E-state index >= 15 is 0 Å². The van der Waals surface area contributed by atoms with Gasteiger partial charge in [-0.2, -0.15) is 0 Å². The number of benzene rings is 1. The molecule has 0 N–H and O–H groups in total. The van der Waals surface area contributed by atoms with Crippen LogP contribution in [0.4, 0.5) is 0 Å². The molecule has 1 heterocycles. The average molecular weight is 292 g/mol. The smallest absolute Gasteiger partial charge is 0.373 e. The number of esters is 1. The minimum absolute atomic E-state index is 0.138. The summed E-state index contributed by atoms with van der Waals surface area (Å²) in [5.74, 6) is 1.95. The number of furan rings is 1. The van der Waals surface area contributed by atoms with E-state index in [0.717, 1.165) is 0 Å². The highest BCUT2D eigenvalue weighted by molar-refractivity contribution is 5.86. The molecule has 21 heavy (non-hydrogen) atoms. The standard InChI is InChI=1S/C15H16O6/c1-17-11-6-12(18-2)8-13(7-11)20-9-10-4-5-14(21-10)15(16)19-3/h4-8H,9H2,1-3H3. The summed E-state index contributed by atoms with van der Waals surface area (Å²) in [5.41, 5.74) is 0. The van der Waals surface area contributed by atoms with Gasteiger partial charge in [0.15, 0.2) is 0 Å². The lowest BCUT2D eigenvalue weighted by molar-refractivity contribution is 0.0561. The van der Waals surface area contributed by atoms with E-state index in [2.05, 4.69) is 4.74 Å². The molecule has 0 amide bonds. The minimum atomic E-state index is -0.524. The van der Waals surface area contributed by atoms with Crippen molar-refractivity contribution in [1.29, 1.82) is 0 Å². The zero-order valence-corrected chi connectivity index (χ0v) is 12.0. The average Bonchev–Trinajstić information content (AvgIpc) is 3.00. The number of carbonyl (C=O) groups excluding carboxylic acids is 1. The third-order valence-corrected chi connectivity index (χ3v) is 2.75. The van der Waals surface area contributed by atoms with Crippen LogP contribution in [-0.2, 0) is 11.3 Å². The number of ether oxygens (including phenoxy) is 4. The van der Waals surface area contributed by atoms with E-state index in [4.69, 9.17) is 18.6 Å². The van der Waals surface area contributed by atoms with Gasteiger partial charge in [-0.1, -0.05) is 0 Å². The minimum Gasteiger partial charge on any atom is -0.496 e. The van der Waals surface area contributed by atoms with Crippen LogP contribution in [0.5, 0.6) is 17.2 Å². The van der Waals surface area contributed by atoms with E-state index in [0.29, 0.717) is 23.0 Å². The molecule has 0 aliphatic carbocycles. The Labute approximate surface area is 122 Å². The van der Waals surface area contributed by atoms with Crippen LogP contribution >= 0.6 is 0 Å². The summed E-state index contributed by atoms with van der Waals surface area (Å²) >= 11 is 0. The molecule has 112 valence electrons. The lowest BCUT2D eigenvalue weighted by atomic mass is 10.3. The van der Waals surface area contributed by atoms with Crippen molar-refractivity contribution in [3.05, 3.63) is 41.9 Å². The van der Waals surface area contributed by atoms with Crippen LogP contribution in [-0.4, -0.2) is 27.3 Å². The van der Waals surface area contributed by atoms with E-state index in [1.54, 1.807) is 38.5 Å². The Morgan fingerprint density at radius 1 is 1.00 bits per heavy atom. The second-order valence-corrected chi connectivity index (χ2v) is 4.09. The molecule has 0 atom stereocenters. The third kappa shape index (κ3) is 3.68. The molecular weight excluding hydrogens is 276 g/mol. The fraction of sp³-hybridized carbons (Fsp3) is 0.267. The van der Waals surface area contributed by atoms with Gasteiger partial charge in [0.05, 0.1) is 21.3 Å². The maximum absolute atomic E-state index is 11.3. The van der Waals surface area contributed by atoms with Gasteiger partial charge in [-0.25, -0.2) is 4.79 Å². The van der Waals surface area contributed by atoms with Crippen LogP contribution in [0.25, 0.3) is 0 Å². The van der Waals surface area contributed by atoms with Gasteiger partial charge in [0.2, 0.25) is 5.76 Å². The van der Waals surface area contributed by atoms with Crippen molar-refractivity contribution in [2.45, 2.75) is 6.61 Å². The van der Waals surface area contributed by atoms with Crippen molar-refractivity contribution < 1.29 is 28.2 Å². The Hall–Kier alpha value is -2.63. The van der Waals surface area contributed by atoms with Gasteiger partial charge < -0.3 is 23.4 Å². The maximum Gasteiger partial charge on any atom is 0.373 e. The molecule has 0 bridgehead atoms. The number of methoxy groups -OCH3 is 3. The highest BCUT2D eigenvalue weighted by atomic mass is 16.5. The van der Waals surface area contributed by atoms with Gasteiger partial charge in [0, 0.05) is 18.2 Å². The number of carbonyl (C=O) groups is 1. The van der Waals surface area contributed by atoms with E-state index < -0.39 is 5.97 Å². The summed E-state index contributed by atoms with van der Waals surface area (Å²) in [5, 5.41) is 0. The number of hydrogen-bond acceptors (Lipinski definition) is 6. The van der Waals surface area contributed by atoms with Crippen LogP contribution < -0.4 is 14.2 Å². The molecule has 2 rings (SSSR count). The molecule has 0 aliphatic rings. The summed E-state index contributed by atoms with van der Waals surface area (Å²) in [6, 6.07) is 8.40. The summed E-state index contributed by atoms with van der Waals surface area (Å²) < 4.78 is 25.8. The first-order valence-electron chi connectivity index (χ1n) is 6.19. The molecule has 0 fully saturated rings. The van der Waals surface area contributed by atoms with Crippen molar-refractivity contribution in [3.63, 3.8) is 0 Å². The van der Waals surface area contributed by atoms with Crippen LogP contribution in [0.15, 0.2) is 34.7 Å². The Morgan fingerprint density at radius 2 is 1.62 bits per heavy atom. The molecule has 6 nitrogen and oxygen atoms in total. The molecule has 1 aromatic heterocycles. The fourth-order valence-electron chi connectivity index (χ4n) is 1.68. The van der Waals surface area contributed by atoms with Crippen LogP contribution in [0.1, 0.15) is 16.3 Å². The Morgan fingerprint density at radius 3 is 2.19 bits per heavy atom. The lowest BCUT2D eigenvalue weighted by Gasteiger charge is -2.09. The zero-order valence-electron chi connectivity index (χ0n) is 12.0. The summed E-state index contributed by atoms with van der Waals surface area (Å²) in [6.07, 6.45) is 0.